The van der Waals surface area contributed by atoms with E-state index in [9.17, 15) is 10.2 Å². The van der Waals surface area contributed by atoms with Crippen molar-refractivity contribution in [3.05, 3.63) is 35.0 Å². The second-order valence-electron chi connectivity index (χ2n) is 7.79. The van der Waals surface area contributed by atoms with E-state index in [2.05, 4.69) is 17.2 Å². The molecule has 2 unspecified atom stereocenters. The molecule has 1 aliphatic rings. The van der Waals surface area contributed by atoms with Crippen molar-refractivity contribution in [2.24, 2.45) is 0 Å². The van der Waals surface area contributed by atoms with Gasteiger partial charge in [0.15, 0.2) is 0 Å². The number of fused-ring (bicyclic) bond motifs is 2. The minimum absolute atomic E-state index is 0.0846. The molecule has 0 spiro atoms. The SMILES string of the molecule is CCCCCNC1c2cc3nc(CO)cc(C)c3cc2OC(C)(C)C1O. The summed E-state index contributed by atoms with van der Waals surface area (Å²) >= 11 is 0. The fourth-order valence-corrected chi connectivity index (χ4v) is 3.69. The molecule has 0 radical (unpaired) electrons. The number of unbranched alkanes of at least 4 members (excludes halogenated alkanes) is 2. The van der Waals surface area contributed by atoms with Crippen LogP contribution in [-0.4, -0.2) is 33.4 Å². The Kier molecular flexibility index (Phi) is 5.51. The summed E-state index contributed by atoms with van der Waals surface area (Å²) in [4.78, 5) is 4.55. The summed E-state index contributed by atoms with van der Waals surface area (Å²) in [6.45, 7) is 8.81. The topological polar surface area (TPSA) is 74.6 Å². The average molecular weight is 358 g/mol. The minimum atomic E-state index is -0.671. The summed E-state index contributed by atoms with van der Waals surface area (Å²) in [5.41, 5.74) is 2.79. The zero-order valence-corrected chi connectivity index (χ0v) is 16.2. The summed E-state index contributed by atoms with van der Waals surface area (Å²) in [5.74, 6) is 0.794. The minimum Gasteiger partial charge on any atom is -0.485 e. The lowest BCUT2D eigenvalue weighted by Crippen LogP contribution is -2.52. The third-order valence-corrected chi connectivity index (χ3v) is 5.24. The zero-order chi connectivity index (χ0) is 18.9. The molecule has 2 aromatic rings. The maximum Gasteiger partial charge on any atom is 0.131 e. The van der Waals surface area contributed by atoms with Gasteiger partial charge in [-0.25, -0.2) is 0 Å². The Morgan fingerprint density at radius 1 is 1.23 bits per heavy atom. The van der Waals surface area contributed by atoms with Gasteiger partial charge in [0.05, 0.1) is 23.9 Å². The predicted octanol–water partition coefficient (Wildman–Crippen LogP) is 3.39. The van der Waals surface area contributed by atoms with Gasteiger partial charge in [-0.15, -0.1) is 0 Å². The van der Waals surface area contributed by atoms with Crippen molar-refractivity contribution >= 4 is 10.9 Å². The summed E-state index contributed by atoms with van der Waals surface area (Å²) in [5, 5.41) is 24.9. The summed E-state index contributed by atoms with van der Waals surface area (Å²) in [6.07, 6.45) is 2.76. The number of aliphatic hydroxyl groups excluding tert-OH is 2. The lowest BCUT2D eigenvalue weighted by molar-refractivity contribution is -0.0643. The molecule has 26 heavy (non-hydrogen) atoms. The molecule has 3 N–H and O–H groups in total. The lowest BCUT2D eigenvalue weighted by atomic mass is 9.85. The first kappa shape index (κ1) is 19.1. The van der Waals surface area contributed by atoms with Gasteiger partial charge in [-0.3, -0.25) is 4.98 Å². The Labute approximate surface area is 155 Å². The number of aromatic nitrogens is 1. The molecular weight excluding hydrogens is 328 g/mol. The van der Waals surface area contributed by atoms with E-state index < -0.39 is 11.7 Å². The molecule has 1 aliphatic heterocycles. The molecule has 0 amide bonds. The maximum atomic E-state index is 10.9. The first-order chi connectivity index (χ1) is 12.4. The first-order valence-corrected chi connectivity index (χ1v) is 9.53. The molecule has 5 nitrogen and oxygen atoms in total. The molecule has 0 saturated carbocycles. The Hall–Kier alpha value is -1.69. The number of hydrogen-bond donors (Lipinski definition) is 3. The van der Waals surface area contributed by atoms with E-state index in [1.54, 1.807) is 0 Å². The van der Waals surface area contributed by atoms with Crippen LogP contribution in [0.15, 0.2) is 18.2 Å². The molecule has 0 aliphatic carbocycles. The van der Waals surface area contributed by atoms with Crippen molar-refractivity contribution < 1.29 is 14.9 Å². The number of aliphatic hydroxyl groups is 2. The van der Waals surface area contributed by atoms with Crippen molar-refractivity contribution in [1.29, 1.82) is 0 Å². The molecule has 3 rings (SSSR count). The number of benzene rings is 1. The Balaban J connectivity index is 2.04. The van der Waals surface area contributed by atoms with Gasteiger partial charge in [0.2, 0.25) is 0 Å². The second kappa shape index (κ2) is 7.51. The number of hydrogen-bond acceptors (Lipinski definition) is 5. The predicted molar refractivity (Wildman–Crippen MR) is 103 cm³/mol. The third kappa shape index (κ3) is 3.56. The Morgan fingerprint density at radius 3 is 2.69 bits per heavy atom. The molecule has 0 bridgehead atoms. The van der Waals surface area contributed by atoms with E-state index in [4.69, 9.17) is 4.74 Å². The van der Waals surface area contributed by atoms with Crippen LogP contribution in [0.5, 0.6) is 5.75 Å². The van der Waals surface area contributed by atoms with E-state index in [1.807, 2.05) is 39.0 Å². The molecule has 1 aromatic heterocycles. The van der Waals surface area contributed by atoms with Crippen molar-refractivity contribution in [1.82, 2.24) is 10.3 Å². The highest BCUT2D eigenvalue weighted by Gasteiger charge is 2.42. The Morgan fingerprint density at radius 2 is 2.00 bits per heavy atom. The van der Waals surface area contributed by atoms with E-state index in [0.29, 0.717) is 5.69 Å². The fourth-order valence-electron chi connectivity index (χ4n) is 3.69. The number of nitrogens with zero attached hydrogens (tertiary/aromatic N) is 1. The largest absolute Gasteiger partial charge is 0.485 e. The quantitative estimate of drug-likeness (QED) is 0.690. The van der Waals surface area contributed by atoms with Gasteiger partial charge in [0.1, 0.15) is 17.5 Å². The smallest absolute Gasteiger partial charge is 0.131 e. The number of rotatable bonds is 6. The number of aryl methyl sites for hydroxylation is 1. The van der Waals surface area contributed by atoms with Gasteiger partial charge in [-0.1, -0.05) is 19.8 Å². The maximum absolute atomic E-state index is 10.9. The van der Waals surface area contributed by atoms with Crippen LogP contribution in [0.2, 0.25) is 0 Å². The van der Waals surface area contributed by atoms with E-state index in [0.717, 1.165) is 47.2 Å². The van der Waals surface area contributed by atoms with Crippen molar-refractivity contribution in [3.63, 3.8) is 0 Å². The molecule has 0 fully saturated rings. The van der Waals surface area contributed by atoms with Gasteiger partial charge in [0.25, 0.3) is 0 Å². The van der Waals surface area contributed by atoms with Gasteiger partial charge >= 0.3 is 0 Å². The highest BCUT2D eigenvalue weighted by Crippen LogP contribution is 2.42. The second-order valence-corrected chi connectivity index (χ2v) is 7.79. The van der Waals surface area contributed by atoms with Gasteiger partial charge < -0.3 is 20.3 Å². The van der Waals surface area contributed by atoms with Crippen LogP contribution >= 0.6 is 0 Å². The van der Waals surface area contributed by atoms with E-state index in [-0.39, 0.29) is 12.6 Å². The Bertz CT molecular complexity index is 788. The van der Waals surface area contributed by atoms with Crippen LogP contribution in [0, 0.1) is 6.92 Å². The van der Waals surface area contributed by atoms with Gasteiger partial charge in [-0.05, 0) is 57.5 Å². The van der Waals surface area contributed by atoms with E-state index >= 15 is 0 Å². The molecule has 2 atom stereocenters. The van der Waals surface area contributed by atoms with Crippen LogP contribution in [0.4, 0.5) is 0 Å². The highest BCUT2D eigenvalue weighted by molar-refractivity contribution is 5.85. The van der Waals surface area contributed by atoms with Crippen molar-refractivity contribution in [3.8, 4) is 5.75 Å². The van der Waals surface area contributed by atoms with E-state index in [1.165, 1.54) is 6.42 Å². The monoisotopic (exact) mass is 358 g/mol. The molecule has 2 heterocycles. The number of ether oxygens (including phenoxy) is 1. The van der Waals surface area contributed by atoms with Crippen LogP contribution < -0.4 is 10.1 Å². The molecular formula is C21H30N2O3. The summed E-state index contributed by atoms with van der Waals surface area (Å²) < 4.78 is 6.14. The van der Waals surface area contributed by atoms with Crippen LogP contribution in [-0.2, 0) is 6.61 Å². The highest BCUT2D eigenvalue weighted by atomic mass is 16.5. The van der Waals surface area contributed by atoms with Crippen LogP contribution in [0.3, 0.4) is 0 Å². The fraction of sp³-hybridized carbons (Fsp3) is 0.571. The van der Waals surface area contributed by atoms with Crippen molar-refractivity contribution in [2.45, 2.75) is 71.3 Å². The van der Waals surface area contributed by atoms with Crippen LogP contribution in [0.1, 0.15) is 62.9 Å². The van der Waals surface area contributed by atoms with Crippen molar-refractivity contribution in [2.75, 3.05) is 6.54 Å². The van der Waals surface area contributed by atoms with Gasteiger partial charge in [-0.2, -0.15) is 0 Å². The number of nitrogens with one attached hydrogen (secondary N) is 1. The number of pyridine rings is 1. The van der Waals surface area contributed by atoms with Gasteiger partial charge in [0, 0.05) is 10.9 Å². The standard InChI is InChI=1S/C21H30N2O3/c1-5-6-7-8-22-19-16-10-17-15(13(2)9-14(12-24)23-17)11-18(16)26-21(3,4)20(19)25/h9-11,19-20,22,24-25H,5-8,12H2,1-4H3. The normalized spacial score (nSPS) is 21.5. The molecule has 1 aromatic carbocycles. The molecule has 142 valence electrons. The summed E-state index contributed by atoms with van der Waals surface area (Å²) in [7, 11) is 0. The molecule has 0 saturated heterocycles. The average Bonchev–Trinajstić information content (AvgIpc) is 2.60. The first-order valence-electron chi connectivity index (χ1n) is 9.53. The zero-order valence-electron chi connectivity index (χ0n) is 16.2. The lowest BCUT2D eigenvalue weighted by Gasteiger charge is -2.42. The molecule has 5 heteroatoms. The van der Waals surface area contributed by atoms with Crippen LogP contribution in [0.25, 0.3) is 10.9 Å². The third-order valence-electron chi connectivity index (χ3n) is 5.24. The summed E-state index contributed by atoms with van der Waals surface area (Å²) in [6, 6.07) is 5.71.